The fourth-order valence-corrected chi connectivity index (χ4v) is 2.12. The van der Waals surface area contributed by atoms with E-state index in [9.17, 15) is 10.1 Å². The topological polar surface area (TPSA) is 55.2 Å². The first-order valence-corrected chi connectivity index (χ1v) is 6.44. The van der Waals surface area contributed by atoms with Gasteiger partial charge >= 0.3 is 0 Å². The molecule has 0 heterocycles. The molecule has 0 aromatic heterocycles. The summed E-state index contributed by atoms with van der Waals surface area (Å²) in [5, 5.41) is 14.1. The van der Waals surface area contributed by atoms with Crippen LogP contribution in [0, 0.1) is 16.0 Å². The number of nitrogens with one attached hydrogen (secondary N) is 1. The Kier molecular flexibility index (Phi) is 5.58. The maximum absolute atomic E-state index is 10.8. The largest absolute Gasteiger partial charge is 0.316 e. The van der Waals surface area contributed by atoms with Gasteiger partial charge in [-0.2, -0.15) is 0 Å². The normalized spacial score (nSPS) is 10.8. The van der Waals surface area contributed by atoms with Gasteiger partial charge in [-0.3, -0.25) is 10.1 Å². The van der Waals surface area contributed by atoms with Crippen LogP contribution in [0.1, 0.15) is 19.4 Å². The fourth-order valence-electron chi connectivity index (χ4n) is 1.51. The number of nitrogens with zero attached hydrogens (tertiary/aromatic N) is 1. The average Bonchev–Trinajstić information content (AvgIpc) is 2.25. The van der Waals surface area contributed by atoms with Gasteiger partial charge in [-0.25, -0.2) is 0 Å². The molecule has 0 amide bonds. The van der Waals surface area contributed by atoms with Crippen molar-refractivity contribution in [1.82, 2.24) is 5.32 Å². The van der Waals surface area contributed by atoms with Crippen LogP contribution in [-0.2, 0) is 6.42 Å². The molecule has 0 unspecified atom stereocenters. The van der Waals surface area contributed by atoms with Crippen molar-refractivity contribution >= 4 is 21.6 Å². The molecule has 0 aliphatic heterocycles. The summed E-state index contributed by atoms with van der Waals surface area (Å²) in [6, 6.07) is 5.14. The van der Waals surface area contributed by atoms with Crippen LogP contribution in [0.4, 0.5) is 5.69 Å². The third-order valence-electron chi connectivity index (χ3n) is 2.38. The summed E-state index contributed by atoms with van der Waals surface area (Å²) in [5.41, 5.74) is 1.10. The zero-order chi connectivity index (χ0) is 12.8. The Balaban J connectivity index is 2.59. The summed E-state index contributed by atoms with van der Waals surface area (Å²) in [4.78, 5) is 10.4. The molecule has 94 valence electrons. The molecule has 0 radical (unpaired) electrons. The number of halogens is 1. The molecule has 5 heteroatoms. The first kappa shape index (κ1) is 14.1. The number of rotatable bonds is 6. The van der Waals surface area contributed by atoms with Crippen LogP contribution in [0.3, 0.4) is 0 Å². The molecule has 4 nitrogen and oxygen atoms in total. The number of hydrogen-bond donors (Lipinski definition) is 1. The molecule has 0 saturated heterocycles. The van der Waals surface area contributed by atoms with Gasteiger partial charge in [0.05, 0.1) is 9.40 Å². The number of hydrogen-bond acceptors (Lipinski definition) is 3. The Morgan fingerprint density at radius 3 is 2.76 bits per heavy atom. The van der Waals surface area contributed by atoms with Crippen molar-refractivity contribution in [3.8, 4) is 0 Å². The molecule has 0 aliphatic rings. The Hall–Kier alpha value is -0.940. The number of benzene rings is 1. The first-order chi connectivity index (χ1) is 8.02. The molecular formula is C12H17BrN2O2. The third-order valence-corrected chi connectivity index (χ3v) is 3.29. The highest BCUT2D eigenvalue weighted by Gasteiger charge is 2.14. The lowest BCUT2D eigenvalue weighted by Crippen LogP contribution is -2.22. The van der Waals surface area contributed by atoms with Crippen LogP contribution in [-0.4, -0.2) is 18.0 Å². The van der Waals surface area contributed by atoms with E-state index in [1.165, 1.54) is 6.07 Å². The van der Waals surface area contributed by atoms with Gasteiger partial charge in [-0.1, -0.05) is 26.0 Å². The van der Waals surface area contributed by atoms with Crippen molar-refractivity contribution in [2.24, 2.45) is 5.92 Å². The summed E-state index contributed by atoms with van der Waals surface area (Å²) >= 11 is 3.29. The molecule has 1 rings (SSSR count). The fraction of sp³-hybridized carbons (Fsp3) is 0.500. The predicted molar refractivity (Wildman–Crippen MR) is 72.2 cm³/mol. The SMILES string of the molecule is CC(C)CNCCc1cccc([N+](=O)[O-])c1Br. The van der Waals surface area contributed by atoms with Crippen LogP contribution in [0.2, 0.25) is 0 Å². The Morgan fingerprint density at radius 2 is 2.18 bits per heavy atom. The maximum atomic E-state index is 10.8. The molecular weight excluding hydrogens is 284 g/mol. The molecule has 0 spiro atoms. The minimum Gasteiger partial charge on any atom is -0.316 e. The molecule has 0 aliphatic carbocycles. The van der Waals surface area contributed by atoms with Crippen molar-refractivity contribution in [2.75, 3.05) is 13.1 Å². The Morgan fingerprint density at radius 1 is 1.47 bits per heavy atom. The Labute approximate surface area is 110 Å². The summed E-state index contributed by atoms with van der Waals surface area (Å²) in [6.45, 7) is 6.09. The highest BCUT2D eigenvalue weighted by molar-refractivity contribution is 9.10. The Bertz CT molecular complexity index is 394. The molecule has 0 fully saturated rings. The van der Waals surface area contributed by atoms with Gasteiger partial charge in [0, 0.05) is 6.07 Å². The van der Waals surface area contributed by atoms with E-state index in [4.69, 9.17) is 0 Å². The zero-order valence-electron chi connectivity index (χ0n) is 10.1. The lowest BCUT2D eigenvalue weighted by atomic mass is 10.1. The molecule has 0 bridgehead atoms. The van der Waals surface area contributed by atoms with Gasteiger partial charge in [-0.05, 0) is 46.9 Å². The number of nitro groups is 1. The second-order valence-electron chi connectivity index (χ2n) is 4.36. The van der Waals surface area contributed by atoms with E-state index in [1.807, 2.05) is 6.07 Å². The van der Waals surface area contributed by atoms with Crippen molar-refractivity contribution in [2.45, 2.75) is 20.3 Å². The van der Waals surface area contributed by atoms with E-state index in [2.05, 4.69) is 35.1 Å². The summed E-state index contributed by atoms with van der Waals surface area (Å²) in [7, 11) is 0. The summed E-state index contributed by atoms with van der Waals surface area (Å²) in [6.07, 6.45) is 0.787. The van der Waals surface area contributed by atoms with Gasteiger partial charge in [0.15, 0.2) is 0 Å². The van der Waals surface area contributed by atoms with Crippen LogP contribution in [0.25, 0.3) is 0 Å². The molecule has 1 N–H and O–H groups in total. The van der Waals surface area contributed by atoms with E-state index in [1.54, 1.807) is 6.07 Å². The molecule has 1 aromatic carbocycles. The van der Waals surface area contributed by atoms with Gasteiger partial charge in [0.2, 0.25) is 0 Å². The van der Waals surface area contributed by atoms with Gasteiger partial charge in [-0.15, -0.1) is 0 Å². The van der Waals surface area contributed by atoms with Crippen molar-refractivity contribution in [3.63, 3.8) is 0 Å². The second-order valence-corrected chi connectivity index (χ2v) is 5.15. The van der Waals surface area contributed by atoms with E-state index in [0.717, 1.165) is 25.1 Å². The van der Waals surface area contributed by atoms with Crippen LogP contribution < -0.4 is 5.32 Å². The van der Waals surface area contributed by atoms with Gasteiger partial charge in [0.25, 0.3) is 5.69 Å². The smallest absolute Gasteiger partial charge is 0.283 e. The standard InChI is InChI=1S/C12H17BrN2O2/c1-9(2)8-14-7-6-10-4-3-5-11(12(10)13)15(16)17/h3-5,9,14H,6-8H2,1-2H3. The summed E-state index contributed by atoms with van der Waals surface area (Å²) in [5.74, 6) is 0.614. The highest BCUT2D eigenvalue weighted by Crippen LogP contribution is 2.28. The monoisotopic (exact) mass is 300 g/mol. The summed E-state index contributed by atoms with van der Waals surface area (Å²) < 4.78 is 0.594. The minimum atomic E-state index is -0.366. The van der Waals surface area contributed by atoms with E-state index < -0.39 is 0 Å². The lowest BCUT2D eigenvalue weighted by Gasteiger charge is -2.08. The first-order valence-electron chi connectivity index (χ1n) is 5.65. The van der Waals surface area contributed by atoms with E-state index in [-0.39, 0.29) is 10.6 Å². The van der Waals surface area contributed by atoms with Crippen LogP contribution in [0.15, 0.2) is 22.7 Å². The molecule has 1 aromatic rings. The third kappa shape index (κ3) is 4.44. The van der Waals surface area contributed by atoms with E-state index in [0.29, 0.717) is 10.4 Å². The van der Waals surface area contributed by atoms with E-state index >= 15 is 0 Å². The minimum absolute atomic E-state index is 0.131. The molecule has 0 atom stereocenters. The quantitative estimate of drug-likeness (QED) is 0.499. The average molecular weight is 301 g/mol. The van der Waals surface area contributed by atoms with Crippen molar-refractivity contribution in [3.05, 3.63) is 38.3 Å². The highest BCUT2D eigenvalue weighted by atomic mass is 79.9. The van der Waals surface area contributed by atoms with Gasteiger partial charge in [0.1, 0.15) is 0 Å². The maximum Gasteiger partial charge on any atom is 0.283 e. The molecule has 0 saturated carbocycles. The molecule has 17 heavy (non-hydrogen) atoms. The predicted octanol–water partition coefficient (Wildman–Crippen LogP) is 3.15. The van der Waals surface area contributed by atoms with Crippen molar-refractivity contribution in [1.29, 1.82) is 0 Å². The van der Waals surface area contributed by atoms with Crippen molar-refractivity contribution < 1.29 is 4.92 Å². The lowest BCUT2D eigenvalue weighted by molar-refractivity contribution is -0.385. The van der Waals surface area contributed by atoms with Crippen LogP contribution in [0.5, 0.6) is 0 Å². The van der Waals surface area contributed by atoms with Gasteiger partial charge < -0.3 is 5.32 Å². The second kappa shape index (κ2) is 6.71. The number of nitro benzene ring substituents is 1. The van der Waals surface area contributed by atoms with Crippen LogP contribution >= 0.6 is 15.9 Å². The zero-order valence-corrected chi connectivity index (χ0v) is 11.7.